The maximum absolute atomic E-state index is 12.2. The molecule has 0 spiro atoms. The van der Waals surface area contributed by atoms with E-state index in [-0.39, 0.29) is 9.50 Å². The third-order valence-electron chi connectivity index (χ3n) is 0.980. The molecule has 11 heavy (non-hydrogen) atoms. The molecule has 0 aliphatic rings. The van der Waals surface area contributed by atoms with Gasteiger partial charge in [0.25, 0.3) is 0 Å². The second-order valence-corrected chi connectivity index (χ2v) is 3.91. The lowest BCUT2D eigenvalue weighted by Gasteiger charge is -1.92. The number of nitrogens with zero attached hydrogens (tertiary/aromatic N) is 1. The summed E-state index contributed by atoms with van der Waals surface area (Å²) >= 11 is 2.91. The molecule has 0 fully saturated rings. The van der Waals surface area contributed by atoms with E-state index in [0.717, 1.165) is 12.1 Å². The molecule has 0 aromatic carbocycles. The normalized spacial score (nSPS) is 11.5. The van der Waals surface area contributed by atoms with Crippen LogP contribution < -0.4 is 0 Å². The number of rotatable bonds is 1. The lowest BCUT2D eigenvalue weighted by Crippen LogP contribution is -1.91. The Kier molecular flexibility index (Phi) is 2.24. The Morgan fingerprint density at radius 1 is 1.55 bits per heavy atom. The Morgan fingerprint density at radius 2 is 2.18 bits per heavy atom. The molecule has 0 saturated carbocycles. The molecule has 0 N–H and O–H groups in total. The zero-order chi connectivity index (χ0) is 8.48. The van der Waals surface area contributed by atoms with Gasteiger partial charge in [0.2, 0.25) is 0 Å². The van der Waals surface area contributed by atoms with Crippen molar-refractivity contribution in [1.82, 2.24) is 4.98 Å². The van der Waals surface area contributed by atoms with E-state index in [2.05, 4.69) is 20.9 Å². The van der Waals surface area contributed by atoms with Crippen molar-refractivity contribution in [3.05, 3.63) is 22.9 Å². The van der Waals surface area contributed by atoms with Crippen LogP contribution in [0.1, 0.15) is 0 Å². The van der Waals surface area contributed by atoms with Crippen molar-refractivity contribution < 1.29 is 12.3 Å². The highest BCUT2D eigenvalue weighted by atomic mass is 79.9. The average molecular weight is 240 g/mol. The molecule has 3 nitrogen and oxygen atoms in total. The molecule has 0 aliphatic carbocycles. The summed E-state index contributed by atoms with van der Waals surface area (Å²) in [6.07, 6.45) is 1.20. The Balaban J connectivity index is 3.28. The van der Waals surface area contributed by atoms with Gasteiger partial charge in [0, 0.05) is 6.20 Å². The van der Waals surface area contributed by atoms with E-state index >= 15 is 0 Å². The summed E-state index contributed by atoms with van der Waals surface area (Å²) < 4.78 is 33.1. The SMILES string of the molecule is O=S(=O)(F)c1ccnc(Br)c1. The van der Waals surface area contributed by atoms with Gasteiger partial charge in [0.15, 0.2) is 0 Å². The van der Waals surface area contributed by atoms with Crippen LogP contribution >= 0.6 is 15.9 Å². The number of halogens is 2. The average Bonchev–Trinajstić information content (AvgIpc) is 1.86. The molecule has 6 heteroatoms. The fourth-order valence-electron chi connectivity index (χ4n) is 0.536. The van der Waals surface area contributed by atoms with Crippen molar-refractivity contribution in [3.8, 4) is 0 Å². The first kappa shape index (κ1) is 8.61. The molecule has 0 radical (unpaired) electrons. The molecule has 60 valence electrons. The topological polar surface area (TPSA) is 47.0 Å². The summed E-state index contributed by atoms with van der Waals surface area (Å²) in [5.74, 6) is 0. The van der Waals surface area contributed by atoms with Gasteiger partial charge in [0.1, 0.15) is 9.50 Å². The van der Waals surface area contributed by atoms with Gasteiger partial charge in [-0.1, -0.05) is 0 Å². The fraction of sp³-hybridized carbons (Fsp3) is 0. The first-order valence-corrected chi connectivity index (χ1v) is 4.74. The standard InChI is InChI=1S/C5H3BrFNO2S/c6-5-3-4(1-2-8-5)11(7,9)10/h1-3H. The van der Waals surface area contributed by atoms with Crippen LogP contribution in [0.15, 0.2) is 27.8 Å². The Morgan fingerprint density at radius 3 is 2.55 bits per heavy atom. The van der Waals surface area contributed by atoms with Crippen LogP contribution in [0, 0.1) is 0 Å². The molecule has 1 aromatic rings. The minimum Gasteiger partial charge on any atom is -0.249 e. The number of hydrogen-bond donors (Lipinski definition) is 0. The molecular formula is C5H3BrFNO2S. The van der Waals surface area contributed by atoms with Crippen LogP contribution in [0.5, 0.6) is 0 Å². The molecule has 0 unspecified atom stereocenters. The molecule has 0 saturated heterocycles. The first-order chi connectivity index (χ1) is 5.00. The summed E-state index contributed by atoms with van der Waals surface area (Å²) in [6, 6.07) is 2.18. The zero-order valence-electron chi connectivity index (χ0n) is 5.16. The Hall–Kier alpha value is -0.490. The highest BCUT2D eigenvalue weighted by Crippen LogP contribution is 2.14. The van der Waals surface area contributed by atoms with Crippen molar-refractivity contribution in [2.24, 2.45) is 0 Å². The zero-order valence-corrected chi connectivity index (χ0v) is 7.56. The van der Waals surface area contributed by atoms with Gasteiger partial charge in [0.05, 0.1) is 0 Å². The van der Waals surface area contributed by atoms with E-state index < -0.39 is 10.2 Å². The second kappa shape index (κ2) is 2.86. The number of aromatic nitrogens is 1. The fourth-order valence-corrected chi connectivity index (χ4v) is 1.53. The van der Waals surface area contributed by atoms with Gasteiger partial charge in [-0.3, -0.25) is 0 Å². The van der Waals surface area contributed by atoms with Gasteiger partial charge >= 0.3 is 10.2 Å². The van der Waals surface area contributed by atoms with Crippen LogP contribution in [0.3, 0.4) is 0 Å². The van der Waals surface area contributed by atoms with E-state index in [0.29, 0.717) is 0 Å². The quantitative estimate of drug-likeness (QED) is 0.552. The molecular weight excluding hydrogens is 237 g/mol. The number of pyridine rings is 1. The molecule has 0 amide bonds. The Labute approximate surface area is 71.6 Å². The summed E-state index contributed by atoms with van der Waals surface area (Å²) in [7, 11) is -4.60. The van der Waals surface area contributed by atoms with Crippen molar-refractivity contribution >= 4 is 26.2 Å². The first-order valence-electron chi connectivity index (χ1n) is 2.56. The van der Waals surface area contributed by atoms with Crippen molar-refractivity contribution in [2.45, 2.75) is 4.90 Å². The van der Waals surface area contributed by atoms with Gasteiger partial charge in [-0.15, -0.1) is 3.89 Å². The smallest absolute Gasteiger partial charge is 0.249 e. The largest absolute Gasteiger partial charge is 0.332 e. The highest BCUT2D eigenvalue weighted by molar-refractivity contribution is 9.10. The van der Waals surface area contributed by atoms with Crippen molar-refractivity contribution in [1.29, 1.82) is 0 Å². The number of hydrogen-bond acceptors (Lipinski definition) is 3. The van der Waals surface area contributed by atoms with Gasteiger partial charge < -0.3 is 0 Å². The third kappa shape index (κ3) is 2.23. The van der Waals surface area contributed by atoms with Crippen molar-refractivity contribution in [2.75, 3.05) is 0 Å². The van der Waals surface area contributed by atoms with Crippen LogP contribution in [0.4, 0.5) is 3.89 Å². The lowest BCUT2D eigenvalue weighted by atomic mass is 10.5. The second-order valence-electron chi connectivity index (χ2n) is 1.75. The van der Waals surface area contributed by atoms with Gasteiger partial charge in [-0.2, -0.15) is 8.42 Å². The van der Waals surface area contributed by atoms with Crippen LogP contribution in [-0.4, -0.2) is 13.4 Å². The van der Waals surface area contributed by atoms with Crippen LogP contribution in [-0.2, 0) is 10.2 Å². The highest BCUT2D eigenvalue weighted by Gasteiger charge is 2.11. The lowest BCUT2D eigenvalue weighted by molar-refractivity contribution is 0.552. The summed E-state index contributed by atoms with van der Waals surface area (Å²) in [4.78, 5) is 3.25. The molecule has 1 heterocycles. The molecule has 1 rings (SSSR count). The minimum absolute atomic E-state index is 0.288. The maximum atomic E-state index is 12.2. The molecule has 0 atom stereocenters. The van der Waals surface area contributed by atoms with Crippen LogP contribution in [0.2, 0.25) is 0 Å². The molecule has 1 aromatic heterocycles. The molecule has 0 bridgehead atoms. The predicted octanol–water partition coefficient (Wildman–Crippen LogP) is 1.50. The summed E-state index contributed by atoms with van der Waals surface area (Å²) in [6.45, 7) is 0. The van der Waals surface area contributed by atoms with E-state index in [1.165, 1.54) is 6.20 Å². The Bertz CT molecular complexity index is 365. The van der Waals surface area contributed by atoms with Gasteiger partial charge in [-0.25, -0.2) is 4.98 Å². The monoisotopic (exact) mass is 239 g/mol. The molecule has 0 aliphatic heterocycles. The van der Waals surface area contributed by atoms with E-state index in [1.807, 2.05) is 0 Å². The minimum atomic E-state index is -4.60. The maximum Gasteiger partial charge on any atom is 0.332 e. The summed E-state index contributed by atoms with van der Waals surface area (Å²) in [5, 5.41) is 0. The van der Waals surface area contributed by atoms with E-state index in [4.69, 9.17) is 0 Å². The third-order valence-corrected chi connectivity index (χ3v) is 2.23. The van der Waals surface area contributed by atoms with Crippen LogP contribution in [0.25, 0.3) is 0 Å². The predicted molar refractivity (Wildman–Crippen MR) is 40.2 cm³/mol. The van der Waals surface area contributed by atoms with E-state index in [9.17, 15) is 12.3 Å². The summed E-state index contributed by atoms with van der Waals surface area (Å²) in [5.41, 5.74) is 0. The van der Waals surface area contributed by atoms with Crippen molar-refractivity contribution in [3.63, 3.8) is 0 Å². The van der Waals surface area contributed by atoms with E-state index in [1.54, 1.807) is 0 Å². The van der Waals surface area contributed by atoms with Gasteiger partial charge in [-0.05, 0) is 28.1 Å².